The molecule has 0 aliphatic heterocycles. The zero-order valence-electron chi connectivity index (χ0n) is 11.9. The van der Waals surface area contributed by atoms with Gasteiger partial charge in [-0.05, 0) is 37.8 Å². The van der Waals surface area contributed by atoms with Crippen LogP contribution < -0.4 is 5.32 Å². The number of aromatic nitrogens is 1. The van der Waals surface area contributed by atoms with Crippen molar-refractivity contribution in [3.05, 3.63) is 24.3 Å². The molecule has 2 aromatic rings. The summed E-state index contributed by atoms with van der Waals surface area (Å²) >= 11 is 0. The fraction of sp³-hybridized carbons (Fsp3) is 0.533. The van der Waals surface area contributed by atoms with Crippen LogP contribution in [0.25, 0.3) is 11.1 Å². The first-order chi connectivity index (χ1) is 10.4. The summed E-state index contributed by atoms with van der Waals surface area (Å²) < 4.78 is 43.9. The Hall–Kier alpha value is -1.76. The van der Waals surface area contributed by atoms with Gasteiger partial charge in [0.2, 0.25) is 0 Å². The molecule has 0 amide bonds. The number of anilines is 1. The third-order valence-corrected chi connectivity index (χ3v) is 4.15. The van der Waals surface area contributed by atoms with E-state index >= 15 is 0 Å². The lowest BCUT2D eigenvalue weighted by atomic mass is 9.77. The lowest BCUT2D eigenvalue weighted by molar-refractivity contribution is -0.199. The van der Waals surface area contributed by atoms with Crippen LogP contribution in [0, 0.1) is 5.92 Å². The lowest BCUT2D eigenvalue weighted by Gasteiger charge is -2.37. The van der Waals surface area contributed by atoms with E-state index in [2.05, 4.69) is 10.3 Å². The van der Waals surface area contributed by atoms with E-state index in [-0.39, 0.29) is 25.4 Å². The van der Waals surface area contributed by atoms with Gasteiger partial charge < -0.3 is 14.8 Å². The summed E-state index contributed by atoms with van der Waals surface area (Å²) in [6.07, 6.45) is -3.77. The first-order valence-corrected chi connectivity index (χ1v) is 7.24. The van der Waals surface area contributed by atoms with Crippen molar-refractivity contribution in [3.63, 3.8) is 0 Å². The summed E-state index contributed by atoms with van der Waals surface area (Å²) in [5.74, 6) is -1.45. The molecule has 2 atom stereocenters. The second-order valence-corrected chi connectivity index (χ2v) is 5.90. The molecule has 120 valence electrons. The minimum absolute atomic E-state index is 0.00754. The predicted molar refractivity (Wildman–Crippen MR) is 75.5 cm³/mol. The summed E-state index contributed by atoms with van der Waals surface area (Å²) in [6.45, 7) is -0.00754. The van der Waals surface area contributed by atoms with E-state index in [1.807, 2.05) is 6.07 Å². The van der Waals surface area contributed by atoms with Crippen LogP contribution in [-0.2, 0) is 0 Å². The standard InChI is InChI=1S/C15H17F3N2O2/c16-15(17,18)10-4-3-7-14(21,8-10)9-19-13-20-11-5-1-2-6-12(11)22-13/h1-2,5-6,10,21H,3-4,7-9H2,(H,19,20). The highest BCUT2D eigenvalue weighted by Gasteiger charge is 2.46. The summed E-state index contributed by atoms with van der Waals surface area (Å²) in [7, 11) is 0. The maximum Gasteiger partial charge on any atom is 0.391 e. The predicted octanol–water partition coefficient (Wildman–Crippen LogP) is 3.72. The number of nitrogens with zero attached hydrogens (tertiary/aromatic N) is 1. The van der Waals surface area contributed by atoms with E-state index in [1.54, 1.807) is 18.2 Å². The first-order valence-electron chi connectivity index (χ1n) is 7.24. The number of para-hydroxylation sites is 2. The molecule has 2 N–H and O–H groups in total. The second-order valence-electron chi connectivity index (χ2n) is 5.90. The summed E-state index contributed by atoms with van der Waals surface area (Å²) in [5.41, 5.74) is -0.137. The van der Waals surface area contributed by atoms with Crippen molar-refractivity contribution in [2.24, 2.45) is 5.92 Å². The van der Waals surface area contributed by atoms with Crippen molar-refractivity contribution in [2.75, 3.05) is 11.9 Å². The number of oxazole rings is 1. The van der Waals surface area contributed by atoms with Crippen LogP contribution in [0.15, 0.2) is 28.7 Å². The van der Waals surface area contributed by atoms with E-state index < -0.39 is 17.7 Å². The highest BCUT2D eigenvalue weighted by Crippen LogP contribution is 2.41. The molecular weight excluding hydrogens is 297 g/mol. The zero-order chi connectivity index (χ0) is 15.8. The molecule has 0 bridgehead atoms. The SMILES string of the molecule is OC1(CNc2nc3ccccc3o2)CCCC(C(F)(F)F)C1. The largest absolute Gasteiger partial charge is 0.424 e. The van der Waals surface area contributed by atoms with E-state index in [9.17, 15) is 18.3 Å². The monoisotopic (exact) mass is 314 g/mol. The third-order valence-electron chi connectivity index (χ3n) is 4.15. The van der Waals surface area contributed by atoms with E-state index in [1.165, 1.54) is 0 Å². The van der Waals surface area contributed by atoms with Gasteiger partial charge in [-0.1, -0.05) is 12.1 Å². The van der Waals surface area contributed by atoms with Gasteiger partial charge >= 0.3 is 6.18 Å². The van der Waals surface area contributed by atoms with Crippen molar-refractivity contribution in [2.45, 2.75) is 37.5 Å². The van der Waals surface area contributed by atoms with E-state index in [0.717, 1.165) is 0 Å². The normalized spacial score (nSPS) is 26.3. The molecule has 0 saturated heterocycles. The first kappa shape index (κ1) is 15.1. The van der Waals surface area contributed by atoms with Crippen molar-refractivity contribution >= 4 is 17.1 Å². The van der Waals surface area contributed by atoms with E-state index in [0.29, 0.717) is 23.9 Å². The molecule has 1 aliphatic rings. The summed E-state index contributed by atoms with van der Waals surface area (Å²) in [5, 5.41) is 13.2. The van der Waals surface area contributed by atoms with Gasteiger partial charge in [0.25, 0.3) is 6.01 Å². The molecule has 1 aromatic heterocycles. The van der Waals surface area contributed by atoms with Crippen molar-refractivity contribution in [1.29, 1.82) is 0 Å². The molecular formula is C15H17F3N2O2. The van der Waals surface area contributed by atoms with Crippen LogP contribution >= 0.6 is 0 Å². The molecule has 22 heavy (non-hydrogen) atoms. The number of rotatable bonds is 3. The zero-order valence-corrected chi connectivity index (χ0v) is 11.9. The van der Waals surface area contributed by atoms with Crippen LogP contribution in [-0.4, -0.2) is 28.4 Å². The molecule has 4 nitrogen and oxygen atoms in total. The average molecular weight is 314 g/mol. The van der Waals surface area contributed by atoms with Crippen LogP contribution in [0.5, 0.6) is 0 Å². The topological polar surface area (TPSA) is 58.3 Å². The Balaban J connectivity index is 1.66. The molecule has 0 spiro atoms. The maximum absolute atomic E-state index is 12.8. The Bertz CT molecular complexity index is 623. The molecule has 0 radical (unpaired) electrons. The fourth-order valence-electron chi connectivity index (χ4n) is 2.97. The number of nitrogens with one attached hydrogen (secondary N) is 1. The summed E-state index contributed by atoms with van der Waals surface area (Å²) in [6, 6.07) is 7.36. The number of aliphatic hydroxyl groups is 1. The van der Waals surface area contributed by atoms with Crippen LogP contribution in [0.2, 0.25) is 0 Å². The van der Waals surface area contributed by atoms with Crippen molar-refractivity contribution < 1.29 is 22.7 Å². The quantitative estimate of drug-likeness (QED) is 0.906. The van der Waals surface area contributed by atoms with Crippen molar-refractivity contribution in [3.8, 4) is 0 Å². The highest BCUT2D eigenvalue weighted by atomic mass is 19.4. The highest BCUT2D eigenvalue weighted by molar-refractivity contribution is 5.74. The third kappa shape index (κ3) is 3.19. The number of hydrogen-bond acceptors (Lipinski definition) is 4. The van der Waals surface area contributed by atoms with Crippen LogP contribution in [0.3, 0.4) is 0 Å². The van der Waals surface area contributed by atoms with Gasteiger partial charge in [0.1, 0.15) is 5.52 Å². The Morgan fingerprint density at radius 3 is 2.86 bits per heavy atom. The Kier molecular flexibility index (Phi) is 3.76. The summed E-state index contributed by atoms with van der Waals surface area (Å²) in [4.78, 5) is 4.18. The number of halogens is 3. The number of alkyl halides is 3. The smallest absolute Gasteiger partial charge is 0.391 e. The Morgan fingerprint density at radius 2 is 2.14 bits per heavy atom. The fourth-order valence-corrected chi connectivity index (χ4v) is 2.97. The second kappa shape index (κ2) is 5.46. The van der Waals surface area contributed by atoms with Gasteiger partial charge in [0.05, 0.1) is 11.5 Å². The number of hydrogen-bond donors (Lipinski definition) is 2. The molecule has 7 heteroatoms. The Labute approximate surface area is 125 Å². The molecule has 2 unspecified atom stereocenters. The van der Waals surface area contributed by atoms with Gasteiger partial charge in [-0.15, -0.1) is 0 Å². The maximum atomic E-state index is 12.8. The van der Waals surface area contributed by atoms with Crippen LogP contribution in [0.1, 0.15) is 25.7 Å². The molecule has 1 aromatic carbocycles. The van der Waals surface area contributed by atoms with Gasteiger partial charge in [-0.25, -0.2) is 0 Å². The van der Waals surface area contributed by atoms with Gasteiger partial charge in [-0.2, -0.15) is 18.2 Å². The van der Waals surface area contributed by atoms with Gasteiger partial charge in [0.15, 0.2) is 5.58 Å². The minimum Gasteiger partial charge on any atom is -0.424 e. The van der Waals surface area contributed by atoms with E-state index in [4.69, 9.17) is 4.42 Å². The van der Waals surface area contributed by atoms with Gasteiger partial charge in [0, 0.05) is 6.54 Å². The molecule has 1 aliphatic carbocycles. The van der Waals surface area contributed by atoms with Gasteiger partial charge in [-0.3, -0.25) is 0 Å². The Morgan fingerprint density at radius 1 is 1.36 bits per heavy atom. The average Bonchev–Trinajstić information content (AvgIpc) is 2.87. The molecule has 1 fully saturated rings. The molecule has 1 saturated carbocycles. The molecule has 3 rings (SSSR count). The molecule has 1 heterocycles. The number of fused-ring (bicyclic) bond motifs is 1. The van der Waals surface area contributed by atoms with Crippen LogP contribution in [0.4, 0.5) is 19.2 Å². The van der Waals surface area contributed by atoms with Crippen molar-refractivity contribution in [1.82, 2.24) is 4.98 Å². The lowest BCUT2D eigenvalue weighted by Crippen LogP contribution is -2.45. The number of benzene rings is 1. The minimum atomic E-state index is -4.26.